The van der Waals surface area contributed by atoms with Gasteiger partial charge in [-0.2, -0.15) is 11.8 Å². The molecule has 2 rings (SSSR count). The summed E-state index contributed by atoms with van der Waals surface area (Å²) in [5, 5.41) is 12.7. The molecule has 0 aliphatic heterocycles. The second-order valence-electron chi connectivity index (χ2n) is 7.14. The van der Waals surface area contributed by atoms with Crippen LogP contribution in [0.2, 0.25) is 0 Å². The molecular formula is C24H31NO3S2. The minimum Gasteiger partial charge on any atom is -0.394 e. The molecule has 0 saturated heterocycles. The SMILES string of the molecule is CCCSCC[C@@H](CO)NC(=O)[C@H](CSC(=O)c1ccccc1)Cc1ccccc1. The van der Waals surface area contributed by atoms with E-state index in [9.17, 15) is 14.7 Å². The van der Waals surface area contributed by atoms with Crippen LogP contribution in [0.3, 0.4) is 0 Å². The molecule has 0 radical (unpaired) electrons. The predicted molar refractivity (Wildman–Crippen MR) is 128 cm³/mol. The molecule has 2 N–H and O–H groups in total. The first-order valence-electron chi connectivity index (χ1n) is 10.4. The van der Waals surface area contributed by atoms with Crippen molar-refractivity contribution in [3.63, 3.8) is 0 Å². The van der Waals surface area contributed by atoms with E-state index in [0.717, 1.165) is 29.9 Å². The minimum absolute atomic E-state index is 0.0314. The fraction of sp³-hybridized carbons (Fsp3) is 0.417. The van der Waals surface area contributed by atoms with Crippen molar-refractivity contribution < 1.29 is 14.7 Å². The van der Waals surface area contributed by atoms with Gasteiger partial charge in [0.25, 0.3) is 0 Å². The first kappa shape index (κ1) is 24.5. The number of hydrogen-bond donors (Lipinski definition) is 2. The van der Waals surface area contributed by atoms with E-state index in [1.54, 1.807) is 12.1 Å². The number of thioether (sulfide) groups is 2. The number of carbonyl (C=O) groups is 2. The van der Waals surface area contributed by atoms with Gasteiger partial charge in [0.05, 0.1) is 18.6 Å². The Bertz CT molecular complexity index is 756. The Labute approximate surface area is 188 Å². The zero-order chi connectivity index (χ0) is 21.6. The van der Waals surface area contributed by atoms with E-state index in [4.69, 9.17) is 0 Å². The Morgan fingerprint density at radius 3 is 2.30 bits per heavy atom. The summed E-state index contributed by atoms with van der Waals surface area (Å²) in [5.74, 6) is 1.94. The maximum absolute atomic E-state index is 13.0. The summed E-state index contributed by atoms with van der Waals surface area (Å²) in [6, 6.07) is 18.7. The van der Waals surface area contributed by atoms with Crippen LogP contribution in [0.4, 0.5) is 0 Å². The maximum Gasteiger partial charge on any atom is 0.224 e. The van der Waals surface area contributed by atoms with Crippen LogP contribution in [0.5, 0.6) is 0 Å². The lowest BCUT2D eigenvalue weighted by Crippen LogP contribution is -2.42. The lowest BCUT2D eigenvalue weighted by Gasteiger charge is -2.21. The van der Waals surface area contributed by atoms with Crippen molar-refractivity contribution in [2.45, 2.75) is 32.2 Å². The third-order valence-corrected chi connectivity index (χ3v) is 6.93. The average Bonchev–Trinajstić information content (AvgIpc) is 2.79. The third kappa shape index (κ3) is 8.94. The number of aliphatic hydroxyl groups is 1. The molecule has 0 heterocycles. The number of rotatable bonds is 13. The van der Waals surface area contributed by atoms with Gasteiger partial charge >= 0.3 is 0 Å². The van der Waals surface area contributed by atoms with Crippen LogP contribution in [-0.4, -0.2) is 46.0 Å². The van der Waals surface area contributed by atoms with Gasteiger partial charge in [0.1, 0.15) is 0 Å². The summed E-state index contributed by atoms with van der Waals surface area (Å²) in [6.45, 7) is 2.06. The van der Waals surface area contributed by atoms with Crippen molar-refractivity contribution in [1.82, 2.24) is 5.32 Å². The van der Waals surface area contributed by atoms with Gasteiger partial charge in [-0.15, -0.1) is 0 Å². The van der Waals surface area contributed by atoms with Gasteiger partial charge in [0, 0.05) is 11.3 Å². The maximum atomic E-state index is 13.0. The quantitative estimate of drug-likeness (QED) is 0.447. The molecule has 30 heavy (non-hydrogen) atoms. The molecule has 2 aromatic carbocycles. The van der Waals surface area contributed by atoms with Gasteiger partial charge in [0.15, 0.2) is 0 Å². The van der Waals surface area contributed by atoms with Gasteiger partial charge in [-0.1, -0.05) is 79.3 Å². The lowest BCUT2D eigenvalue weighted by molar-refractivity contribution is -0.125. The van der Waals surface area contributed by atoms with Crippen molar-refractivity contribution in [3.8, 4) is 0 Å². The van der Waals surface area contributed by atoms with Crippen LogP contribution in [-0.2, 0) is 11.2 Å². The Hall–Kier alpha value is -1.76. The van der Waals surface area contributed by atoms with E-state index < -0.39 is 0 Å². The molecular weight excluding hydrogens is 414 g/mol. The number of aliphatic hydroxyl groups excluding tert-OH is 1. The Kier molecular flexibility index (Phi) is 11.7. The molecule has 0 aliphatic rings. The third-order valence-electron chi connectivity index (χ3n) is 4.65. The topological polar surface area (TPSA) is 66.4 Å². The second kappa shape index (κ2) is 14.3. The average molecular weight is 446 g/mol. The summed E-state index contributed by atoms with van der Waals surface area (Å²) in [7, 11) is 0. The first-order chi connectivity index (χ1) is 14.6. The molecule has 0 bridgehead atoms. The van der Waals surface area contributed by atoms with Crippen molar-refractivity contribution in [3.05, 3.63) is 71.8 Å². The van der Waals surface area contributed by atoms with Crippen molar-refractivity contribution in [2.75, 3.05) is 23.9 Å². The molecule has 0 fully saturated rings. The minimum atomic E-state index is -0.345. The second-order valence-corrected chi connectivity index (χ2v) is 9.36. The van der Waals surface area contributed by atoms with Gasteiger partial charge < -0.3 is 10.4 Å². The van der Waals surface area contributed by atoms with Crippen LogP contribution in [0.15, 0.2) is 60.7 Å². The van der Waals surface area contributed by atoms with Crippen molar-refractivity contribution >= 4 is 34.5 Å². The van der Waals surface area contributed by atoms with Crippen molar-refractivity contribution in [2.24, 2.45) is 5.92 Å². The molecule has 2 atom stereocenters. The first-order valence-corrected chi connectivity index (χ1v) is 12.5. The van der Waals surface area contributed by atoms with Crippen LogP contribution in [0.1, 0.15) is 35.7 Å². The highest BCUT2D eigenvalue weighted by molar-refractivity contribution is 8.14. The standard InChI is InChI=1S/C24H31NO3S2/c1-2-14-29-15-13-22(17-26)25-23(27)21(16-19-9-5-3-6-10-19)18-30-24(28)20-11-7-4-8-12-20/h3-12,21-22,26H,2,13-18H2,1H3,(H,25,27)/t21-,22-/m0/s1. The number of hydrogen-bond acceptors (Lipinski definition) is 5. The highest BCUT2D eigenvalue weighted by Gasteiger charge is 2.23. The Morgan fingerprint density at radius 1 is 1.00 bits per heavy atom. The predicted octanol–water partition coefficient (Wildman–Crippen LogP) is 4.43. The molecule has 0 aromatic heterocycles. The van der Waals surface area contributed by atoms with E-state index in [1.165, 1.54) is 11.8 Å². The van der Waals surface area contributed by atoms with Crippen molar-refractivity contribution in [1.29, 1.82) is 0 Å². The van der Waals surface area contributed by atoms with Crippen LogP contribution in [0, 0.1) is 5.92 Å². The molecule has 2 aromatic rings. The summed E-state index contributed by atoms with van der Waals surface area (Å²) < 4.78 is 0. The summed E-state index contributed by atoms with van der Waals surface area (Å²) in [4.78, 5) is 25.5. The molecule has 0 unspecified atom stereocenters. The monoisotopic (exact) mass is 445 g/mol. The molecule has 0 aliphatic carbocycles. The molecule has 1 amide bonds. The largest absolute Gasteiger partial charge is 0.394 e. The smallest absolute Gasteiger partial charge is 0.224 e. The van der Waals surface area contributed by atoms with E-state index in [-0.39, 0.29) is 29.6 Å². The number of carbonyl (C=O) groups excluding carboxylic acids is 2. The van der Waals surface area contributed by atoms with E-state index in [0.29, 0.717) is 17.7 Å². The summed E-state index contributed by atoms with van der Waals surface area (Å²) >= 11 is 3.01. The molecule has 0 spiro atoms. The van der Waals surface area contributed by atoms with Gasteiger partial charge in [-0.25, -0.2) is 0 Å². The summed E-state index contributed by atoms with van der Waals surface area (Å²) in [6.07, 6.45) is 2.41. The normalized spacial score (nSPS) is 12.9. The molecule has 162 valence electrons. The lowest BCUT2D eigenvalue weighted by atomic mass is 9.99. The highest BCUT2D eigenvalue weighted by atomic mass is 32.2. The highest BCUT2D eigenvalue weighted by Crippen LogP contribution is 2.20. The van der Waals surface area contributed by atoms with Gasteiger partial charge in [0.2, 0.25) is 11.0 Å². The van der Waals surface area contributed by atoms with Crippen LogP contribution in [0.25, 0.3) is 0 Å². The van der Waals surface area contributed by atoms with Crippen LogP contribution >= 0.6 is 23.5 Å². The zero-order valence-corrected chi connectivity index (χ0v) is 19.1. The number of amides is 1. The number of nitrogens with one attached hydrogen (secondary N) is 1. The summed E-state index contributed by atoms with van der Waals surface area (Å²) in [5.41, 5.74) is 1.70. The van der Waals surface area contributed by atoms with E-state index in [2.05, 4.69) is 12.2 Å². The van der Waals surface area contributed by atoms with E-state index in [1.807, 2.05) is 60.3 Å². The van der Waals surface area contributed by atoms with Gasteiger partial charge in [-0.3, -0.25) is 9.59 Å². The van der Waals surface area contributed by atoms with Crippen LogP contribution < -0.4 is 5.32 Å². The molecule has 4 nitrogen and oxygen atoms in total. The Morgan fingerprint density at radius 2 is 1.67 bits per heavy atom. The zero-order valence-electron chi connectivity index (χ0n) is 17.5. The molecule has 6 heteroatoms. The fourth-order valence-corrected chi connectivity index (χ4v) is 4.83. The fourth-order valence-electron chi connectivity index (χ4n) is 2.96. The van der Waals surface area contributed by atoms with E-state index >= 15 is 0 Å². The molecule has 0 saturated carbocycles. The Balaban J connectivity index is 1.98. The van der Waals surface area contributed by atoms with Gasteiger partial charge in [-0.05, 0) is 36.3 Å². The number of benzene rings is 2.